The maximum Gasteiger partial charge on any atom is -0.000824 e. The Morgan fingerprint density at radius 3 is 2.06 bits per heavy atom. The Hall–Kier alpha value is -1.60. The third kappa shape index (κ3) is 3.71. The minimum Gasteiger partial charge on any atom is -0.330 e. The van der Waals surface area contributed by atoms with Crippen LogP contribution in [0.1, 0.15) is 29.9 Å². The van der Waals surface area contributed by atoms with Crippen molar-refractivity contribution in [1.82, 2.24) is 0 Å². The molecule has 0 aliphatic rings. The molecule has 0 aliphatic carbocycles. The summed E-state index contributed by atoms with van der Waals surface area (Å²) in [6, 6.07) is 21.3. The van der Waals surface area contributed by atoms with E-state index in [9.17, 15) is 0 Å². The maximum absolute atomic E-state index is 5.88. The molecule has 0 amide bonds. The lowest BCUT2D eigenvalue weighted by Crippen LogP contribution is -2.12. The third-order valence-electron chi connectivity index (χ3n) is 3.42. The van der Waals surface area contributed by atoms with E-state index < -0.39 is 0 Å². The summed E-state index contributed by atoms with van der Waals surface area (Å²) in [5.74, 6) is 0.495. The van der Waals surface area contributed by atoms with Gasteiger partial charge in [-0.25, -0.2) is 0 Å². The fraction of sp³-hybridized carbons (Fsp3) is 0.294. The monoisotopic (exact) mass is 239 g/mol. The zero-order valence-electron chi connectivity index (χ0n) is 10.8. The second-order valence-corrected chi connectivity index (χ2v) is 4.72. The predicted molar refractivity (Wildman–Crippen MR) is 77.6 cm³/mol. The molecule has 0 fully saturated rings. The number of rotatable bonds is 6. The standard InChI is InChI=1S/C17H21N/c18-14-17(16-11-5-2-6-12-16)13-7-10-15-8-3-1-4-9-15/h1-6,8-9,11-12,17H,7,10,13-14,18H2/t17-/m1/s1. The van der Waals surface area contributed by atoms with Crippen LogP contribution >= 0.6 is 0 Å². The summed E-state index contributed by atoms with van der Waals surface area (Å²) in [5, 5.41) is 0. The van der Waals surface area contributed by atoms with Crippen LogP contribution in [0.4, 0.5) is 0 Å². The van der Waals surface area contributed by atoms with Crippen LogP contribution in [-0.2, 0) is 6.42 Å². The lowest BCUT2D eigenvalue weighted by Gasteiger charge is -2.14. The van der Waals surface area contributed by atoms with E-state index in [1.165, 1.54) is 17.5 Å². The van der Waals surface area contributed by atoms with Gasteiger partial charge in [-0.3, -0.25) is 0 Å². The lowest BCUT2D eigenvalue weighted by atomic mass is 9.93. The Kier molecular flexibility index (Phi) is 4.98. The van der Waals surface area contributed by atoms with Gasteiger partial charge in [0.25, 0.3) is 0 Å². The molecule has 1 atom stereocenters. The lowest BCUT2D eigenvalue weighted by molar-refractivity contribution is 0.599. The summed E-state index contributed by atoms with van der Waals surface area (Å²) >= 11 is 0. The van der Waals surface area contributed by atoms with Gasteiger partial charge in [-0.1, -0.05) is 60.7 Å². The SMILES string of the molecule is NC[C@@H](CCCc1ccccc1)c1ccccc1. The number of benzene rings is 2. The second kappa shape index (κ2) is 6.97. The first-order valence-electron chi connectivity index (χ1n) is 6.69. The van der Waals surface area contributed by atoms with E-state index in [4.69, 9.17) is 5.73 Å². The summed E-state index contributed by atoms with van der Waals surface area (Å²) in [6.07, 6.45) is 3.50. The van der Waals surface area contributed by atoms with Crippen molar-refractivity contribution in [3.05, 3.63) is 71.8 Å². The van der Waals surface area contributed by atoms with E-state index in [-0.39, 0.29) is 0 Å². The number of aryl methyl sites for hydroxylation is 1. The highest BCUT2D eigenvalue weighted by Crippen LogP contribution is 2.20. The van der Waals surface area contributed by atoms with E-state index in [2.05, 4.69) is 60.7 Å². The molecule has 18 heavy (non-hydrogen) atoms. The third-order valence-corrected chi connectivity index (χ3v) is 3.42. The van der Waals surface area contributed by atoms with Crippen LogP contribution in [0.2, 0.25) is 0 Å². The zero-order chi connectivity index (χ0) is 12.6. The molecule has 1 nitrogen and oxygen atoms in total. The number of nitrogens with two attached hydrogens (primary N) is 1. The predicted octanol–water partition coefficient (Wildman–Crippen LogP) is 3.75. The van der Waals surface area contributed by atoms with Crippen molar-refractivity contribution in [2.45, 2.75) is 25.2 Å². The summed E-state index contributed by atoms with van der Waals surface area (Å²) in [4.78, 5) is 0. The van der Waals surface area contributed by atoms with E-state index in [1.807, 2.05) is 0 Å². The molecule has 0 unspecified atom stereocenters. The van der Waals surface area contributed by atoms with Gasteiger partial charge in [-0.05, 0) is 42.9 Å². The van der Waals surface area contributed by atoms with Gasteiger partial charge in [-0.2, -0.15) is 0 Å². The molecule has 0 saturated heterocycles. The van der Waals surface area contributed by atoms with Crippen LogP contribution in [0.3, 0.4) is 0 Å². The summed E-state index contributed by atoms with van der Waals surface area (Å²) in [7, 11) is 0. The molecule has 0 bridgehead atoms. The molecule has 2 aromatic rings. The Morgan fingerprint density at radius 1 is 0.833 bits per heavy atom. The van der Waals surface area contributed by atoms with Gasteiger partial charge in [0, 0.05) is 0 Å². The topological polar surface area (TPSA) is 26.0 Å². The first kappa shape index (κ1) is 12.8. The normalized spacial score (nSPS) is 12.3. The van der Waals surface area contributed by atoms with E-state index in [1.54, 1.807) is 0 Å². The molecule has 0 heterocycles. The van der Waals surface area contributed by atoms with Crippen LogP contribution in [0.25, 0.3) is 0 Å². The van der Waals surface area contributed by atoms with E-state index >= 15 is 0 Å². The second-order valence-electron chi connectivity index (χ2n) is 4.72. The average Bonchev–Trinajstić information content (AvgIpc) is 2.46. The summed E-state index contributed by atoms with van der Waals surface area (Å²) in [6.45, 7) is 0.735. The van der Waals surface area contributed by atoms with Gasteiger partial charge in [0.1, 0.15) is 0 Å². The molecule has 0 aromatic heterocycles. The van der Waals surface area contributed by atoms with Crippen molar-refractivity contribution in [3.8, 4) is 0 Å². The Morgan fingerprint density at radius 2 is 1.44 bits per heavy atom. The van der Waals surface area contributed by atoms with Crippen molar-refractivity contribution >= 4 is 0 Å². The van der Waals surface area contributed by atoms with Gasteiger partial charge < -0.3 is 5.73 Å². The highest BCUT2D eigenvalue weighted by atomic mass is 14.5. The number of hydrogen-bond donors (Lipinski definition) is 1. The minimum atomic E-state index is 0.495. The molecular weight excluding hydrogens is 218 g/mol. The van der Waals surface area contributed by atoms with Crippen LogP contribution in [-0.4, -0.2) is 6.54 Å². The van der Waals surface area contributed by atoms with Crippen LogP contribution in [0, 0.1) is 0 Å². The summed E-state index contributed by atoms with van der Waals surface area (Å²) < 4.78 is 0. The fourth-order valence-corrected chi connectivity index (χ4v) is 2.34. The molecule has 0 radical (unpaired) electrons. The molecule has 0 spiro atoms. The average molecular weight is 239 g/mol. The molecule has 2 aromatic carbocycles. The van der Waals surface area contributed by atoms with Crippen molar-refractivity contribution in [2.75, 3.05) is 6.54 Å². The molecular formula is C17H21N. The van der Waals surface area contributed by atoms with Gasteiger partial charge >= 0.3 is 0 Å². The van der Waals surface area contributed by atoms with Gasteiger partial charge in [0.15, 0.2) is 0 Å². The van der Waals surface area contributed by atoms with Crippen LogP contribution < -0.4 is 5.73 Å². The highest BCUT2D eigenvalue weighted by Gasteiger charge is 2.08. The van der Waals surface area contributed by atoms with E-state index in [0.29, 0.717) is 5.92 Å². The first-order chi connectivity index (χ1) is 8.90. The van der Waals surface area contributed by atoms with Gasteiger partial charge in [0.05, 0.1) is 0 Å². The van der Waals surface area contributed by atoms with Crippen molar-refractivity contribution < 1.29 is 0 Å². The molecule has 0 aliphatic heterocycles. The van der Waals surface area contributed by atoms with Gasteiger partial charge in [0.2, 0.25) is 0 Å². The van der Waals surface area contributed by atoms with Crippen molar-refractivity contribution in [3.63, 3.8) is 0 Å². The van der Waals surface area contributed by atoms with Crippen LogP contribution in [0.5, 0.6) is 0 Å². The van der Waals surface area contributed by atoms with Crippen molar-refractivity contribution in [1.29, 1.82) is 0 Å². The molecule has 2 N–H and O–H groups in total. The maximum atomic E-state index is 5.88. The fourth-order valence-electron chi connectivity index (χ4n) is 2.34. The smallest absolute Gasteiger partial charge is 0.000824 e. The Labute approximate surface area is 110 Å². The quantitative estimate of drug-likeness (QED) is 0.816. The molecule has 1 heteroatoms. The van der Waals surface area contributed by atoms with Gasteiger partial charge in [-0.15, -0.1) is 0 Å². The molecule has 94 valence electrons. The highest BCUT2D eigenvalue weighted by molar-refractivity contribution is 5.20. The van der Waals surface area contributed by atoms with Crippen molar-refractivity contribution in [2.24, 2.45) is 5.73 Å². The molecule has 2 rings (SSSR count). The molecule has 0 saturated carbocycles. The minimum absolute atomic E-state index is 0.495. The largest absolute Gasteiger partial charge is 0.330 e. The summed E-state index contributed by atoms with van der Waals surface area (Å²) in [5.41, 5.74) is 8.67. The Bertz CT molecular complexity index is 436. The van der Waals surface area contributed by atoms with Crippen LogP contribution in [0.15, 0.2) is 60.7 Å². The first-order valence-corrected chi connectivity index (χ1v) is 6.69. The zero-order valence-corrected chi connectivity index (χ0v) is 10.8. The van der Waals surface area contributed by atoms with E-state index in [0.717, 1.165) is 19.4 Å². The number of hydrogen-bond acceptors (Lipinski definition) is 1. The Balaban J connectivity index is 1.85.